The summed E-state index contributed by atoms with van der Waals surface area (Å²) in [4.78, 5) is 26.0. The number of carbonyl (C=O) groups is 2. The molecule has 0 unspecified atom stereocenters. The van der Waals surface area contributed by atoms with E-state index in [-0.39, 0.29) is 23.9 Å². The summed E-state index contributed by atoms with van der Waals surface area (Å²) in [6, 6.07) is 5.00. The second kappa shape index (κ2) is 6.14. The fourth-order valence-electron chi connectivity index (χ4n) is 2.67. The van der Waals surface area contributed by atoms with Crippen LogP contribution in [0.4, 0.5) is 10.5 Å². The van der Waals surface area contributed by atoms with E-state index in [1.54, 1.807) is 11.0 Å². The van der Waals surface area contributed by atoms with Gasteiger partial charge >= 0.3 is 6.03 Å². The maximum Gasteiger partial charge on any atom is 0.321 e. The van der Waals surface area contributed by atoms with Crippen LogP contribution in [0.1, 0.15) is 5.56 Å². The van der Waals surface area contributed by atoms with Crippen LogP contribution in [0.15, 0.2) is 18.2 Å². The quantitative estimate of drug-likeness (QED) is 0.825. The minimum Gasteiger partial charge on any atom is -0.378 e. The number of hydrogen-bond acceptors (Lipinski definition) is 3. The van der Waals surface area contributed by atoms with E-state index >= 15 is 0 Å². The largest absolute Gasteiger partial charge is 0.378 e. The topological polar surface area (TPSA) is 70.7 Å². The predicted molar refractivity (Wildman–Crippen MR) is 83.0 cm³/mol. The first-order valence-corrected chi connectivity index (χ1v) is 7.61. The zero-order chi connectivity index (χ0) is 15.7. The summed E-state index contributed by atoms with van der Waals surface area (Å²) in [7, 11) is 0. The van der Waals surface area contributed by atoms with Crippen molar-refractivity contribution in [2.24, 2.45) is 5.92 Å². The summed E-state index contributed by atoms with van der Waals surface area (Å²) in [5, 5.41) is 6.34. The molecule has 1 aromatic carbocycles. The number of aryl methyl sites for hydroxylation is 1. The molecule has 2 N–H and O–H groups in total. The lowest BCUT2D eigenvalue weighted by Gasteiger charge is -2.27. The number of anilines is 1. The summed E-state index contributed by atoms with van der Waals surface area (Å²) in [5.74, 6) is -0.365. The molecule has 2 heterocycles. The number of nitrogens with zero attached hydrogens (tertiary/aromatic N) is 1. The van der Waals surface area contributed by atoms with Crippen LogP contribution in [-0.4, -0.2) is 49.2 Å². The Hall–Kier alpha value is -1.79. The molecule has 2 bridgehead atoms. The molecule has 2 aliphatic heterocycles. The lowest BCUT2D eigenvalue weighted by atomic mass is 10.1. The second-order valence-corrected chi connectivity index (χ2v) is 6.15. The molecule has 0 radical (unpaired) electrons. The number of nitrogens with one attached hydrogen (secondary N) is 2. The van der Waals surface area contributed by atoms with Crippen LogP contribution < -0.4 is 10.6 Å². The minimum absolute atomic E-state index is 0.0452. The third-order valence-electron chi connectivity index (χ3n) is 3.95. The molecule has 2 saturated heterocycles. The van der Waals surface area contributed by atoms with Crippen LogP contribution in [-0.2, 0) is 9.53 Å². The van der Waals surface area contributed by atoms with Gasteiger partial charge in [0.25, 0.3) is 0 Å². The molecule has 2 aliphatic rings. The van der Waals surface area contributed by atoms with Gasteiger partial charge in [0.15, 0.2) is 0 Å². The lowest BCUT2D eigenvalue weighted by molar-refractivity contribution is -0.125. The molecule has 0 saturated carbocycles. The van der Waals surface area contributed by atoms with Gasteiger partial charge in [-0.2, -0.15) is 0 Å². The molecular formula is C15H18ClN3O3. The summed E-state index contributed by atoms with van der Waals surface area (Å²) >= 11 is 6.07. The van der Waals surface area contributed by atoms with Crippen LogP contribution in [0.5, 0.6) is 0 Å². The Morgan fingerprint density at radius 2 is 2.23 bits per heavy atom. The maximum atomic E-state index is 12.4. The first-order chi connectivity index (χ1) is 10.5. The number of benzene rings is 1. The summed E-state index contributed by atoms with van der Waals surface area (Å²) in [6.45, 7) is 3.48. The highest BCUT2D eigenvalue weighted by Crippen LogP contribution is 2.21. The monoisotopic (exact) mass is 323 g/mol. The van der Waals surface area contributed by atoms with Gasteiger partial charge < -0.3 is 20.3 Å². The van der Waals surface area contributed by atoms with Crippen LogP contribution >= 0.6 is 11.6 Å². The molecule has 0 aliphatic carbocycles. The van der Waals surface area contributed by atoms with E-state index in [9.17, 15) is 9.59 Å². The Balaban J connectivity index is 1.71. The molecule has 0 aromatic heterocycles. The fourth-order valence-corrected chi connectivity index (χ4v) is 2.85. The van der Waals surface area contributed by atoms with E-state index in [0.29, 0.717) is 37.0 Å². The zero-order valence-electron chi connectivity index (χ0n) is 12.3. The third kappa shape index (κ3) is 3.18. The normalized spacial score (nSPS) is 24.5. The van der Waals surface area contributed by atoms with Crippen molar-refractivity contribution in [2.45, 2.75) is 13.0 Å². The highest BCUT2D eigenvalue weighted by Gasteiger charge is 2.35. The van der Waals surface area contributed by atoms with E-state index in [2.05, 4.69) is 10.6 Å². The third-order valence-corrected chi connectivity index (χ3v) is 4.35. The average Bonchev–Trinajstić information content (AvgIpc) is 2.71. The average molecular weight is 324 g/mol. The fraction of sp³-hybridized carbons (Fsp3) is 0.467. The number of rotatable bonds is 1. The summed E-state index contributed by atoms with van der Waals surface area (Å²) < 4.78 is 5.45. The van der Waals surface area contributed by atoms with Crippen molar-refractivity contribution in [1.29, 1.82) is 0 Å². The molecule has 1 aromatic rings. The molecular weight excluding hydrogens is 306 g/mol. The number of ether oxygens (including phenoxy) is 1. The molecule has 22 heavy (non-hydrogen) atoms. The Labute approximate surface area is 133 Å². The van der Waals surface area contributed by atoms with Gasteiger partial charge in [-0.05, 0) is 24.6 Å². The molecule has 6 nitrogen and oxygen atoms in total. The van der Waals surface area contributed by atoms with Gasteiger partial charge in [-0.15, -0.1) is 0 Å². The van der Waals surface area contributed by atoms with Gasteiger partial charge in [-0.1, -0.05) is 17.7 Å². The molecule has 7 heteroatoms. The number of hydrogen-bond donors (Lipinski definition) is 2. The van der Waals surface area contributed by atoms with E-state index in [0.717, 1.165) is 5.56 Å². The number of carbonyl (C=O) groups excluding carboxylic acids is 2. The minimum atomic E-state index is -0.320. The van der Waals surface area contributed by atoms with Gasteiger partial charge in [-0.3, -0.25) is 4.79 Å². The van der Waals surface area contributed by atoms with Crippen molar-refractivity contribution in [3.05, 3.63) is 28.8 Å². The Bertz CT molecular complexity index is 608. The molecule has 2 fully saturated rings. The van der Waals surface area contributed by atoms with Crippen molar-refractivity contribution in [2.75, 3.05) is 31.6 Å². The van der Waals surface area contributed by atoms with Gasteiger partial charge in [-0.25, -0.2) is 4.79 Å². The first kappa shape index (κ1) is 15.1. The zero-order valence-corrected chi connectivity index (χ0v) is 13.0. The number of halogens is 1. The molecule has 2 atom stereocenters. The number of amides is 3. The van der Waals surface area contributed by atoms with Crippen LogP contribution in [0.3, 0.4) is 0 Å². The molecule has 3 rings (SSSR count). The van der Waals surface area contributed by atoms with Crippen molar-refractivity contribution in [1.82, 2.24) is 10.2 Å². The van der Waals surface area contributed by atoms with Gasteiger partial charge in [0.1, 0.15) is 0 Å². The highest BCUT2D eigenvalue weighted by molar-refractivity contribution is 6.31. The van der Waals surface area contributed by atoms with Crippen molar-refractivity contribution < 1.29 is 14.3 Å². The Morgan fingerprint density at radius 1 is 1.41 bits per heavy atom. The maximum absolute atomic E-state index is 12.4. The van der Waals surface area contributed by atoms with E-state index < -0.39 is 0 Å². The van der Waals surface area contributed by atoms with Gasteiger partial charge in [0, 0.05) is 23.8 Å². The molecule has 118 valence electrons. The van der Waals surface area contributed by atoms with Crippen molar-refractivity contribution in [3.8, 4) is 0 Å². The van der Waals surface area contributed by atoms with Gasteiger partial charge in [0.05, 0.1) is 25.2 Å². The second-order valence-electron chi connectivity index (χ2n) is 5.74. The highest BCUT2D eigenvalue weighted by atomic mass is 35.5. The Morgan fingerprint density at radius 3 is 3.00 bits per heavy atom. The molecule has 3 amide bonds. The van der Waals surface area contributed by atoms with Crippen LogP contribution in [0, 0.1) is 12.8 Å². The predicted octanol–water partition coefficient (Wildman–Crippen LogP) is 1.63. The number of fused-ring (bicyclic) bond motifs is 3. The first-order valence-electron chi connectivity index (χ1n) is 7.23. The van der Waals surface area contributed by atoms with Crippen molar-refractivity contribution >= 4 is 29.2 Å². The van der Waals surface area contributed by atoms with Gasteiger partial charge in [0.2, 0.25) is 5.91 Å². The Kier molecular flexibility index (Phi) is 4.22. The lowest BCUT2D eigenvalue weighted by Crippen LogP contribution is -2.46. The summed E-state index contributed by atoms with van der Waals surface area (Å²) in [6.07, 6.45) is 0. The van der Waals surface area contributed by atoms with E-state index in [4.69, 9.17) is 16.3 Å². The number of urea groups is 1. The standard InChI is InChI=1S/C15H18ClN3O3/c1-9-2-3-11(4-13(9)16)18-15(21)19-5-10-7-22-8-12(6-19)17-14(10)20/h2-4,10,12H,5-8H2,1H3,(H,17,20)(H,18,21)/t10-,12+/m1/s1. The van der Waals surface area contributed by atoms with E-state index in [1.807, 2.05) is 19.1 Å². The van der Waals surface area contributed by atoms with Crippen LogP contribution in [0.25, 0.3) is 0 Å². The summed E-state index contributed by atoms with van der Waals surface area (Å²) in [5.41, 5.74) is 1.60. The van der Waals surface area contributed by atoms with Crippen LogP contribution in [0.2, 0.25) is 5.02 Å². The molecule has 0 spiro atoms. The smallest absolute Gasteiger partial charge is 0.321 e. The van der Waals surface area contributed by atoms with Crippen molar-refractivity contribution in [3.63, 3.8) is 0 Å². The van der Waals surface area contributed by atoms with E-state index in [1.165, 1.54) is 0 Å². The SMILES string of the molecule is Cc1ccc(NC(=O)N2C[C@H]3COC[C@@H](C2)C(=O)N3)cc1Cl.